The topological polar surface area (TPSA) is 70.6 Å². The molecule has 0 aliphatic rings. The molecule has 0 saturated carbocycles. The molecule has 1 atom stereocenters. The lowest BCUT2D eigenvalue weighted by atomic mass is 10.1. The van der Waals surface area contributed by atoms with E-state index >= 15 is 0 Å². The third kappa shape index (κ3) is 5.03. The number of nitrogens with two attached hydrogens (primary N) is 1. The lowest BCUT2D eigenvalue weighted by molar-refractivity contribution is 0.187. The third-order valence-electron chi connectivity index (χ3n) is 2.67. The van der Waals surface area contributed by atoms with Crippen LogP contribution in [0.3, 0.4) is 0 Å². The summed E-state index contributed by atoms with van der Waals surface area (Å²) in [6.07, 6.45) is -0.641. The van der Waals surface area contributed by atoms with Crippen LogP contribution in [0.25, 0.3) is 0 Å². The zero-order valence-electron chi connectivity index (χ0n) is 10.9. The van der Waals surface area contributed by atoms with Gasteiger partial charge in [0, 0.05) is 5.69 Å². The highest BCUT2D eigenvalue weighted by atomic mass is 79.9. The van der Waals surface area contributed by atoms with E-state index in [1.807, 2.05) is 60.7 Å². The summed E-state index contributed by atoms with van der Waals surface area (Å²) in [6.45, 7) is 0.232. The zero-order valence-corrected chi connectivity index (χ0v) is 12.7. The third-order valence-corrected chi connectivity index (χ3v) is 2.67. The molecule has 4 nitrogen and oxygen atoms in total. The van der Waals surface area contributed by atoms with Crippen LogP contribution in [0.2, 0.25) is 0 Å². The first-order valence-electron chi connectivity index (χ1n) is 6.10. The predicted molar refractivity (Wildman–Crippen MR) is 88.3 cm³/mol. The lowest BCUT2D eigenvalue weighted by Gasteiger charge is -2.09. The molecule has 0 radical (unpaired) electrons. The molecule has 5 heteroatoms. The van der Waals surface area contributed by atoms with Gasteiger partial charge in [-0.05, 0) is 17.7 Å². The van der Waals surface area contributed by atoms with Crippen molar-refractivity contribution in [1.82, 2.24) is 0 Å². The summed E-state index contributed by atoms with van der Waals surface area (Å²) >= 11 is 0. The molecule has 0 heterocycles. The SMILES string of the molecule is Br.NC(=NCC(O)c1ccccc1)Nc1ccccc1. The quantitative estimate of drug-likeness (QED) is 0.594. The minimum atomic E-state index is -0.641. The largest absolute Gasteiger partial charge is 0.386 e. The Hall–Kier alpha value is -1.85. The normalized spacial score (nSPS) is 12.3. The number of benzene rings is 2. The molecule has 0 fully saturated rings. The predicted octanol–water partition coefficient (Wildman–Crippen LogP) is 2.72. The number of guanidine groups is 1. The van der Waals surface area contributed by atoms with E-state index in [1.165, 1.54) is 0 Å². The van der Waals surface area contributed by atoms with Crippen molar-refractivity contribution in [2.75, 3.05) is 11.9 Å². The Kier molecular flexibility index (Phi) is 6.76. The molecule has 4 N–H and O–H groups in total. The van der Waals surface area contributed by atoms with Crippen molar-refractivity contribution >= 4 is 28.6 Å². The summed E-state index contributed by atoms with van der Waals surface area (Å²) in [4.78, 5) is 4.13. The van der Waals surface area contributed by atoms with E-state index < -0.39 is 6.10 Å². The number of halogens is 1. The van der Waals surface area contributed by atoms with Crippen LogP contribution < -0.4 is 11.1 Å². The van der Waals surface area contributed by atoms with E-state index in [2.05, 4.69) is 10.3 Å². The van der Waals surface area contributed by atoms with Crippen LogP contribution in [0.4, 0.5) is 5.69 Å². The fraction of sp³-hybridized carbons (Fsp3) is 0.133. The van der Waals surface area contributed by atoms with Crippen LogP contribution in [0.1, 0.15) is 11.7 Å². The fourth-order valence-electron chi connectivity index (χ4n) is 1.67. The minimum absolute atomic E-state index is 0. The van der Waals surface area contributed by atoms with E-state index in [4.69, 9.17) is 5.73 Å². The number of aliphatic hydroxyl groups excluding tert-OH is 1. The van der Waals surface area contributed by atoms with Crippen molar-refractivity contribution < 1.29 is 5.11 Å². The van der Waals surface area contributed by atoms with Gasteiger partial charge in [-0.3, -0.25) is 4.99 Å². The molecular formula is C15H18BrN3O. The second kappa shape index (κ2) is 8.35. The highest BCUT2D eigenvalue weighted by Crippen LogP contribution is 2.12. The number of aliphatic imine (C=N–C) groups is 1. The van der Waals surface area contributed by atoms with Crippen molar-refractivity contribution in [3.05, 3.63) is 66.2 Å². The maximum atomic E-state index is 9.95. The molecule has 0 aliphatic heterocycles. The standard InChI is InChI=1S/C15H17N3O.BrH/c16-15(18-13-9-5-2-6-10-13)17-11-14(19)12-7-3-1-4-8-12;/h1-10,14,19H,11H2,(H3,16,17,18);1H. The van der Waals surface area contributed by atoms with Crippen LogP contribution in [-0.4, -0.2) is 17.6 Å². The number of nitrogens with zero attached hydrogens (tertiary/aromatic N) is 1. The van der Waals surface area contributed by atoms with Gasteiger partial charge in [-0.25, -0.2) is 0 Å². The number of rotatable bonds is 4. The molecule has 20 heavy (non-hydrogen) atoms. The van der Waals surface area contributed by atoms with Crippen LogP contribution in [0, 0.1) is 0 Å². The Bertz CT molecular complexity index is 531. The van der Waals surface area contributed by atoms with Gasteiger partial charge < -0.3 is 16.2 Å². The molecule has 0 spiro atoms. The molecule has 0 saturated heterocycles. The van der Waals surface area contributed by atoms with Crippen LogP contribution in [0.15, 0.2) is 65.7 Å². The summed E-state index contributed by atoms with van der Waals surface area (Å²) in [6, 6.07) is 18.9. The zero-order chi connectivity index (χ0) is 13.5. The number of hydrogen-bond acceptors (Lipinski definition) is 2. The molecule has 0 aromatic heterocycles. The smallest absolute Gasteiger partial charge is 0.193 e. The molecule has 0 amide bonds. The molecule has 0 aliphatic carbocycles. The van der Waals surface area contributed by atoms with Crippen molar-refractivity contribution in [2.45, 2.75) is 6.10 Å². The average molecular weight is 336 g/mol. The van der Waals surface area contributed by atoms with Crippen LogP contribution >= 0.6 is 17.0 Å². The van der Waals surface area contributed by atoms with E-state index in [9.17, 15) is 5.11 Å². The van der Waals surface area contributed by atoms with Crippen LogP contribution in [0.5, 0.6) is 0 Å². The van der Waals surface area contributed by atoms with Gasteiger partial charge in [-0.15, -0.1) is 17.0 Å². The Labute approximate surface area is 129 Å². The number of aliphatic hydroxyl groups is 1. The Morgan fingerprint density at radius 1 is 1.05 bits per heavy atom. The Morgan fingerprint density at radius 2 is 1.60 bits per heavy atom. The van der Waals surface area contributed by atoms with Gasteiger partial charge in [0.25, 0.3) is 0 Å². The van der Waals surface area contributed by atoms with Crippen molar-refractivity contribution in [1.29, 1.82) is 0 Å². The molecule has 106 valence electrons. The summed E-state index contributed by atoms with van der Waals surface area (Å²) in [5, 5.41) is 12.9. The summed E-state index contributed by atoms with van der Waals surface area (Å²) in [5.41, 5.74) is 7.47. The van der Waals surface area contributed by atoms with Crippen molar-refractivity contribution in [3.63, 3.8) is 0 Å². The molecule has 0 bridgehead atoms. The highest BCUT2D eigenvalue weighted by molar-refractivity contribution is 8.93. The number of hydrogen-bond donors (Lipinski definition) is 3. The fourth-order valence-corrected chi connectivity index (χ4v) is 1.67. The summed E-state index contributed by atoms with van der Waals surface area (Å²) in [7, 11) is 0. The first kappa shape index (κ1) is 16.2. The van der Waals surface area contributed by atoms with Crippen molar-refractivity contribution in [3.8, 4) is 0 Å². The molecule has 1 unspecified atom stereocenters. The lowest BCUT2D eigenvalue weighted by Crippen LogP contribution is -2.23. The van der Waals surface area contributed by atoms with Gasteiger partial charge in [0.15, 0.2) is 5.96 Å². The van der Waals surface area contributed by atoms with Gasteiger partial charge in [0.2, 0.25) is 0 Å². The second-order valence-electron chi connectivity index (χ2n) is 4.14. The molecular weight excluding hydrogens is 318 g/mol. The molecule has 2 aromatic rings. The monoisotopic (exact) mass is 335 g/mol. The Morgan fingerprint density at radius 3 is 2.20 bits per heavy atom. The molecule has 2 rings (SSSR count). The number of para-hydroxylation sites is 1. The van der Waals surface area contributed by atoms with E-state index in [0.29, 0.717) is 5.96 Å². The van der Waals surface area contributed by atoms with Crippen molar-refractivity contribution in [2.24, 2.45) is 10.7 Å². The summed E-state index contributed by atoms with van der Waals surface area (Å²) in [5.74, 6) is 0.293. The maximum absolute atomic E-state index is 9.95. The first-order valence-corrected chi connectivity index (χ1v) is 6.10. The van der Waals surface area contributed by atoms with E-state index in [1.54, 1.807) is 0 Å². The van der Waals surface area contributed by atoms with E-state index in [0.717, 1.165) is 11.3 Å². The number of nitrogens with one attached hydrogen (secondary N) is 1. The number of anilines is 1. The van der Waals surface area contributed by atoms with Crippen LogP contribution in [-0.2, 0) is 0 Å². The Balaban J connectivity index is 0.00000200. The maximum Gasteiger partial charge on any atom is 0.193 e. The van der Waals surface area contributed by atoms with Gasteiger partial charge in [0.05, 0.1) is 12.6 Å². The molecule has 2 aromatic carbocycles. The van der Waals surface area contributed by atoms with Gasteiger partial charge in [-0.1, -0.05) is 48.5 Å². The second-order valence-corrected chi connectivity index (χ2v) is 4.14. The van der Waals surface area contributed by atoms with Gasteiger partial charge in [-0.2, -0.15) is 0 Å². The first-order chi connectivity index (χ1) is 9.25. The summed E-state index contributed by atoms with van der Waals surface area (Å²) < 4.78 is 0. The minimum Gasteiger partial charge on any atom is -0.386 e. The van der Waals surface area contributed by atoms with Gasteiger partial charge >= 0.3 is 0 Å². The highest BCUT2D eigenvalue weighted by Gasteiger charge is 2.05. The van der Waals surface area contributed by atoms with E-state index in [-0.39, 0.29) is 23.5 Å². The average Bonchev–Trinajstić information content (AvgIpc) is 2.47. The van der Waals surface area contributed by atoms with Gasteiger partial charge in [0.1, 0.15) is 0 Å².